The van der Waals surface area contributed by atoms with Crippen LogP contribution in [-0.4, -0.2) is 47.0 Å². The van der Waals surface area contributed by atoms with Crippen LogP contribution in [0.2, 0.25) is 0 Å². The number of rotatable bonds is 4. The van der Waals surface area contributed by atoms with Gasteiger partial charge in [-0.25, -0.2) is 4.79 Å². The maximum Gasteiger partial charge on any atom is 0.322 e. The number of hydrogen-bond donors (Lipinski definition) is 2. The molecular formula is C24H26N4O3. The van der Waals surface area contributed by atoms with E-state index in [1.807, 2.05) is 36.5 Å². The zero-order chi connectivity index (χ0) is 21.2. The molecular weight excluding hydrogens is 392 g/mol. The number of carbonyl (C=O) groups is 2. The number of nitrogens with zero attached hydrogens (tertiary/aromatic N) is 2. The van der Waals surface area contributed by atoms with Gasteiger partial charge in [0, 0.05) is 44.3 Å². The van der Waals surface area contributed by atoms with E-state index in [1.54, 1.807) is 11.1 Å². The molecule has 2 amide bonds. The van der Waals surface area contributed by atoms with Crippen molar-refractivity contribution in [3.63, 3.8) is 0 Å². The van der Waals surface area contributed by atoms with Gasteiger partial charge in [-0.3, -0.25) is 9.78 Å². The average Bonchev–Trinajstić information content (AvgIpc) is 3.49. The van der Waals surface area contributed by atoms with Crippen molar-refractivity contribution in [2.45, 2.75) is 44.5 Å². The summed E-state index contributed by atoms with van der Waals surface area (Å²) in [5, 5.41) is 6.28. The van der Waals surface area contributed by atoms with Gasteiger partial charge in [-0.1, -0.05) is 18.2 Å². The van der Waals surface area contributed by atoms with E-state index in [4.69, 9.17) is 4.74 Å². The van der Waals surface area contributed by atoms with E-state index in [-0.39, 0.29) is 24.0 Å². The first-order valence-corrected chi connectivity index (χ1v) is 10.8. The third kappa shape index (κ3) is 4.24. The number of pyridine rings is 1. The number of Topliss-reactive ketones (excluding diaryl/α,β-unsaturated/α-hetero) is 1. The molecule has 1 aromatic heterocycles. The molecule has 0 radical (unpaired) electrons. The normalized spacial score (nSPS) is 22.7. The number of urea groups is 1. The Hall–Kier alpha value is -3.03. The third-order valence-corrected chi connectivity index (χ3v) is 6.25. The number of aromatic nitrogens is 1. The minimum atomic E-state index is -0.262. The highest BCUT2D eigenvalue weighted by Crippen LogP contribution is 2.27. The van der Waals surface area contributed by atoms with Gasteiger partial charge in [0.2, 0.25) is 0 Å². The lowest BCUT2D eigenvalue weighted by molar-refractivity contribution is -0.129. The molecule has 5 rings (SSSR count). The molecule has 0 bridgehead atoms. The fourth-order valence-electron chi connectivity index (χ4n) is 4.50. The van der Waals surface area contributed by atoms with Gasteiger partial charge >= 0.3 is 6.03 Å². The van der Waals surface area contributed by atoms with Crippen LogP contribution in [0.15, 0.2) is 48.8 Å². The Morgan fingerprint density at radius 1 is 1.13 bits per heavy atom. The monoisotopic (exact) mass is 418 g/mol. The highest BCUT2D eigenvalue weighted by molar-refractivity contribution is 5.91. The second kappa shape index (κ2) is 8.61. The number of ether oxygens (including phenoxy) is 1. The number of amides is 2. The molecule has 160 valence electrons. The van der Waals surface area contributed by atoms with Crippen molar-refractivity contribution >= 4 is 23.1 Å². The summed E-state index contributed by atoms with van der Waals surface area (Å²) in [6.07, 6.45) is 7.88. The molecule has 1 saturated heterocycles. The molecule has 31 heavy (non-hydrogen) atoms. The standard InChI is InChI=1S/C24H26N4O3/c29-23(22-2-1-11-31-22)21-12-17(8-10-26-21)16-3-5-20(6-4-16)27-24(30)28-14-18-7-9-25-13-19(18)15-28/h3-9,13,21-22,26H,1-2,10-12,14-15H2,(H,27,30)/t21?,22-/m1/s1. The Kier molecular flexibility index (Phi) is 5.53. The summed E-state index contributed by atoms with van der Waals surface area (Å²) >= 11 is 0. The summed E-state index contributed by atoms with van der Waals surface area (Å²) in [6.45, 7) is 2.52. The molecule has 0 spiro atoms. The molecule has 7 nitrogen and oxygen atoms in total. The lowest BCUT2D eigenvalue weighted by Crippen LogP contribution is -2.44. The van der Waals surface area contributed by atoms with Gasteiger partial charge in [0.05, 0.1) is 6.04 Å². The molecule has 3 aliphatic rings. The first-order valence-electron chi connectivity index (χ1n) is 10.8. The minimum absolute atomic E-state index is 0.118. The van der Waals surface area contributed by atoms with Crippen molar-refractivity contribution in [3.8, 4) is 0 Å². The summed E-state index contributed by atoms with van der Waals surface area (Å²) < 4.78 is 5.57. The Labute approximate surface area is 181 Å². The van der Waals surface area contributed by atoms with E-state index in [0.717, 1.165) is 40.8 Å². The van der Waals surface area contributed by atoms with Crippen LogP contribution >= 0.6 is 0 Å². The van der Waals surface area contributed by atoms with E-state index in [1.165, 1.54) is 0 Å². The summed E-state index contributed by atoms with van der Waals surface area (Å²) in [7, 11) is 0. The number of hydrogen-bond acceptors (Lipinski definition) is 5. The Bertz CT molecular complexity index is 987. The number of ketones is 1. The van der Waals surface area contributed by atoms with E-state index in [9.17, 15) is 9.59 Å². The van der Waals surface area contributed by atoms with Crippen LogP contribution in [0.25, 0.3) is 5.57 Å². The molecule has 2 atom stereocenters. The van der Waals surface area contributed by atoms with Crippen molar-refractivity contribution in [2.24, 2.45) is 0 Å². The molecule has 0 aliphatic carbocycles. The van der Waals surface area contributed by atoms with E-state index >= 15 is 0 Å². The van der Waals surface area contributed by atoms with E-state index in [2.05, 4.69) is 21.7 Å². The maximum absolute atomic E-state index is 12.7. The molecule has 1 fully saturated rings. The largest absolute Gasteiger partial charge is 0.370 e. The zero-order valence-corrected chi connectivity index (χ0v) is 17.3. The van der Waals surface area contributed by atoms with Gasteiger partial charge in [-0.2, -0.15) is 0 Å². The second-order valence-corrected chi connectivity index (χ2v) is 8.31. The number of anilines is 1. The van der Waals surface area contributed by atoms with Gasteiger partial charge < -0.3 is 20.3 Å². The first kappa shape index (κ1) is 19.9. The predicted octanol–water partition coefficient (Wildman–Crippen LogP) is 3.12. The van der Waals surface area contributed by atoms with E-state index < -0.39 is 0 Å². The number of benzene rings is 1. The molecule has 7 heteroatoms. The minimum Gasteiger partial charge on any atom is -0.370 e. The molecule has 1 aromatic carbocycles. The lowest BCUT2D eigenvalue weighted by atomic mass is 9.91. The topological polar surface area (TPSA) is 83.6 Å². The highest BCUT2D eigenvalue weighted by Gasteiger charge is 2.31. The van der Waals surface area contributed by atoms with Crippen LogP contribution in [0.1, 0.15) is 36.0 Å². The number of nitrogens with one attached hydrogen (secondary N) is 2. The Morgan fingerprint density at radius 3 is 2.74 bits per heavy atom. The van der Waals surface area contributed by atoms with Crippen LogP contribution < -0.4 is 10.6 Å². The fraction of sp³-hybridized carbons (Fsp3) is 0.375. The second-order valence-electron chi connectivity index (χ2n) is 8.31. The molecule has 1 unspecified atom stereocenters. The van der Waals surface area contributed by atoms with Crippen molar-refractivity contribution in [1.29, 1.82) is 0 Å². The maximum atomic E-state index is 12.7. The van der Waals surface area contributed by atoms with Crippen LogP contribution in [0.5, 0.6) is 0 Å². The summed E-state index contributed by atoms with van der Waals surface area (Å²) in [4.78, 5) is 31.2. The van der Waals surface area contributed by atoms with Crippen molar-refractivity contribution in [2.75, 3.05) is 18.5 Å². The lowest BCUT2D eigenvalue weighted by Gasteiger charge is -2.25. The quantitative estimate of drug-likeness (QED) is 0.797. The number of carbonyl (C=O) groups excluding carboxylic acids is 2. The van der Waals surface area contributed by atoms with Crippen molar-refractivity contribution in [1.82, 2.24) is 15.2 Å². The van der Waals surface area contributed by atoms with Crippen LogP contribution in [0.3, 0.4) is 0 Å². The van der Waals surface area contributed by atoms with Gasteiger partial charge in [-0.15, -0.1) is 0 Å². The average molecular weight is 418 g/mol. The summed E-state index contributed by atoms with van der Waals surface area (Å²) in [5.74, 6) is 0.161. The zero-order valence-electron chi connectivity index (χ0n) is 17.3. The third-order valence-electron chi connectivity index (χ3n) is 6.25. The summed E-state index contributed by atoms with van der Waals surface area (Å²) in [5.41, 5.74) is 5.22. The van der Waals surface area contributed by atoms with Gasteiger partial charge in [0.15, 0.2) is 5.78 Å². The van der Waals surface area contributed by atoms with Crippen molar-refractivity contribution < 1.29 is 14.3 Å². The van der Waals surface area contributed by atoms with Gasteiger partial charge in [-0.05, 0) is 59.7 Å². The Morgan fingerprint density at radius 2 is 1.97 bits per heavy atom. The SMILES string of the molecule is O=C(C1CC(c2ccc(NC(=O)N3Cc4ccncc4C3)cc2)=CCN1)[C@H]1CCCO1. The highest BCUT2D eigenvalue weighted by atomic mass is 16.5. The molecule has 0 saturated carbocycles. The van der Waals surface area contributed by atoms with Crippen molar-refractivity contribution in [3.05, 3.63) is 65.5 Å². The predicted molar refractivity (Wildman–Crippen MR) is 117 cm³/mol. The Balaban J connectivity index is 1.20. The smallest absolute Gasteiger partial charge is 0.322 e. The fourth-order valence-corrected chi connectivity index (χ4v) is 4.50. The first-order chi connectivity index (χ1) is 15.2. The van der Waals surface area contributed by atoms with E-state index in [0.29, 0.717) is 32.7 Å². The van der Waals surface area contributed by atoms with Crippen LogP contribution in [-0.2, 0) is 22.6 Å². The van der Waals surface area contributed by atoms with Gasteiger partial charge in [0.1, 0.15) is 6.10 Å². The molecule has 3 aliphatic heterocycles. The summed E-state index contributed by atoms with van der Waals surface area (Å²) in [6, 6.07) is 9.48. The van der Waals surface area contributed by atoms with Gasteiger partial charge in [0.25, 0.3) is 0 Å². The number of fused-ring (bicyclic) bond motifs is 1. The van der Waals surface area contributed by atoms with Crippen LogP contribution in [0, 0.1) is 0 Å². The molecule has 2 N–H and O–H groups in total. The molecule has 4 heterocycles. The van der Waals surface area contributed by atoms with Crippen LogP contribution in [0.4, 0.5) is 10.5 Å². The molecule has 2 aromatic rings.